The van der Waals surface area contributed by atoms with E-state index in [0.29, 0.717) is 6.04 Å². The molecule has 1 fully saturated rings. The van der Waals surface area contributed by atoms with Crippen LogP contribution in [0.15, 0.2) is 36.7 Å². The molecule has 1 aliphatic rings. The molecule has 0 unspecified atom stereocenters. The Kier molecular flexibility index (Phi) is 3.25. The molecule has 19 heavy (non-hydrogen) atoms. The van der Waals surface area contributed by atoms with Crippen LogP contribution < -0.4 is 5.32 Å². The molecule has 0 saturated heterocycles. The molecule has 1 aliphatic carbocycles. The van der Waals surface area contributed by atoms with Crippen LogP contribution in [-0.2, 0) is 5.60 Å². The number of hydrogen-bond acceptors (Lipinski definition) is 3. The fourth-order valence-corrected chi connectivity index (χ4v) is 3.18. The van der Waals surface area contributed by atoms with Gasteiger partial charge in [0.1, 0.15) is 0 Å². The van der Waals surface area contributed by atoms with E-state index in [9.17, 15) is 5.11 Å². The van der Waals surface area contributed by atoms with Crippen molar-refractivity contribution in [2.24, 2.45) is 0 Å². The average Bonchev–Trinajstić information content (AvgIpc) is 2.47. The third-order valence-corrected chi connectivity index (χ3v) is 4.40. The molecule has 2 N–H and O–H groups in total. The molecule has 0 radical (unpaired) electrons. The van der Waals surface area contributed by atoms with Crippen molar-refractivity contribution >= 4 is 10.8 Å². The van der Waals surface area contributed by atoms with E-state index >= 15 is 0 Å². The summed E-state index contributed by atoms with van der Waals surface area (Å²) in [5.41, 5.74) is 0.371. The van der Waals surface area contributed by atoms with Gasteiger partial charge in [0, 0.05) is 23.8 Å². The summed E-state index contributed by atoms with van der Waals surface area (Å²) in [5.74, 6) is 0. The quantitative estimate of drug-likeness (QED) is 0.868. The molecular formula is C16H20N2O. The van der Waals surface area contributed by atoms with Crippen LogP contribution >= 0.6 is 0 Å². The molecule has 1 aromatic carbocycles. The summed E-state index contributed by atoms with van der Waals surface area (Å²) in [7, 11) is 2.00. The highest BCUT2D eigenvalue weighted by atomic mass is 16.3. The molecule has 0 bridgehead atoms. The van der Waals surface area contributed by atoms with Crippen molar-refractivity contribution in [3.05, 3.63) is 42.2 Å². The molecule has 100 valence electrons. The van der Waals surface area contributed by atoms with E-state index in [0.717, 1.165) is 42.0 Å². The minimum absolute atomic E-state index is 0.539. The van der Waals surface area contributed by atoms with E-state index < -0.39 is 5.60 Å². The number of nitrogens with zero attached hydrogens (tertiary/aromatic N) is 1. The van der Waals surface area contributed by atoms with Gasteiger partial charge in [0.2, 0.25) is 0 Å². The number of aromatic nitrogens is 1. The highest BCUT2D eigenvalue weighted by Crippen LogP contribution is 2.39. The van der Waals surface area contributed by atoms with Crippen molar-refractivity contribution in [1.82, 2.24) is 10.3 Å². The van der Waals surface area contributed by atoms with Gasteiger partial charge in [-0.2, -0.15) is 0 Å². The number of hydrogen-bond donors (Lipinski definition) is 2. The maximum absolute atomic E-state index is 11.0. The Labute approximate surface area is 113 Å². The van der Waals surface area contributed by atoms with Crippen molar-refractivity contribution < 1.29 is 5.11 Å². The molecule has 0 amide bonds. The fraction of sp³-hybridized carbons (Fsp3) is 0.438. The third-order valence-electron chi connectivity index (χ3n) is 4.40. The lowest BCUT2D eigenvalue weighted by Crippen LogP contribution is -2.38. The van der Waals surface area contributed by atoms with Crippen molar-refractivity contribution in [1.29, 1.82) is 0 Å². The number of pyridine rings is 1. The van der Waals surface area contributed by atoms with Crippen LogP contribution in [0.4, 0.5) is 0 Å². The largest absolute Gasteiger partial charge is 0.385 e. The Balaban J connectivity index is 2.00. The van der Waals surface area contributed by atoms with Crippen LogP contribution in [0.1, 0.15) is 31.2 Å². The van der Waals surface area contributed by atoms with E-state index in [1.54, 1.807) is 6.20 Å². The van der Waals surface area contributed by atoms with Gasteiger partial charge in [-0.05, 0) is 49.7 Å². The highest BCUT2D eigenvalue weighted by Gasteiger charge is 2.35. The third kappa shape index (κ3) is 2.24. The topological polar surface area (TPSA) is 45.1 Å². The number of nitrogens with one attached hydrogen (secondary N) is 1. The zero-order valence-corrected chi connectivity index (χ0v) is 11.3. The van der Waals surface area contributed by atoms with Gasteiger partial charge < -0.3 is 10.4 Å². The first-order valence-corrected chi connectivity index (χ1v) is 6.96. The van der Waals surface area contributed by atoms with E-state index in [-0.39, 0.29) is 0 Å². The summed E-state index contributed by atoms with van der Waals surface area (Å²) >= 11 is 0. The van der Waals surface area contributed by atoms with Gasteiger partial charge in [-0.3, -0.25) is 4.98 Å². The first-order valence-electron chi connectivity index (χ1n) is 6.96. The van der Waals surface area contributed by atoms with Gasteiger partial charge in [0.25, 0.3) is 0 Å². The molecule has 3 rings (SSSR count). The number of benzene rings is 1. The first-order chi connectivity index (χ1) is 9.23. The lowest BCUT2D eigenvalue weighted by Gasteiger charge is -2.37. The second-order valence-electron chi connectivity index (χ2n) is 5.50. The summed E-state index contributed by atoms with van der Waals surface area (Å²) in [6.45, 7) is 0. The Morgan fingerprint density at radius 2 is 2.05 bits per heavy atom. The van der Waals surface area contributed by atoms with Crippen molar-refractivity contribution in [2.45, 2.75) is 37.3 Å². The highest BCUT2D eigenvalue weighted by molar-refractivity contribution is 5.85. The van der Waals surface area contributed by atoms with Crippen molar-refractivity contribution in [3.63, 3.8) is 0 Å². The van der Waals surface area contributed by atoms with Crippen LogP contribution in [0.2, 0.25) is 0 Å². The number of rotatable bonds is 2. The van der Waals surface area contributed by atoms with Crippen molar-refractivity contribution in [2.75, 3.05) is 7.05 Å². The molecular weight excluding hydrogens is 236 g/mol. The molecule has 1 aromatic heterocycles. The Morgan fingerprint density at radius 1 is 1.26 bits per heavy atom. The smallest absolute Gasteiger partial charge is 0.0903 e. The monoisotopic (exact) mass is 256 g/mol. The van der Waals surface area contributed by atoms with Gasteiger partial charge in [-0.1, -0.05) is 18.2 Å². The maximum Gasteiger partial charge on any atom is 0.0903 e. The van der Waals surface area contributed by atoms with Crippen LogP contribution in [0, 0.1) is 0 Å². The standard InChI is InChI=1S/C16H20N2O/c1-17-13-5-8-16(19,9-6-13)15-4-2-3-12-11-18-10-7-14(12)15/h2-4,7,10-11,13,17,19H,5-6,8-9H2,1H3. The fourth-order valence-electron chi connectivity index (χ4n) is 3.18. The van der Waals surface area contributed by atoms with E-state index in [4.69, 9.17) is 0 Å². The summed E-state index contributed by atoms with van der Waals surface area (Å²) in [4.78, 5) is 4.16. The second-order valence-corrected chi connectivity index (χ2v) is 5.50. The zero-order chi connectivity index (χ0) is 13.3. The number of aliphatic hydroxyl groups is 1. The lowest BCUT2D eigenvalue weighted by atomic mass is 9.76. The van der Waals surface area contributed by atoms with E-state index in [1.165, 1.54) is 0 Å². The summed E-state index contributed by atoms with van der Waals surface area (Å²) in [6, 6.07) is 8.67. The molecule has 3 nitrogen and oxygen atoms in total. The number of fused-ring (bicyclic) bond motifs is 1. The molecule has 0 atom stereocenters. The zero-order valence-electron chi connectivity index (χ0n) is 11.3. The van der Waals surface area contributed by atoms with Crippen LogP contribution in [0.5, 0.6) is 0 Å². The molecule has 0 aliphatic heterocycles. The summed E-state index contributed by atoms with van der Waals surface area (Å²) < 4.78 is 0. The van der Waals surface area contributed by atoms with Gasteiger partial charge in [-0.25, -0.2) is 0 Å². The minimum atomic E-state index is -0.686. The minimum Gasteiger partial charge on any atom is -0.385 e. The molecule has 1 heterocycles. The summed E-state index contributed by atoms with van der Waals surface area (Å²) in [6.07, 6.45) is 7.35. The molecule has 2 aromatic rings. The molecule has 1 saturated carbocycles. The van der Waals surface area contributed by atoms with E-state index in [1.807, 2.05) is 25.4 Å². The molecule has 0 spiro atoms. The lowest BCUT2D eigenvalue weighted by molar-refractivity contribution is -0.00629. The maximum atomic E-state index is 11.0. The van der Waals surface area contributed by atoms with E-state index in [2.05, 4.69) is 22.4 Å². The predicted molar refractivity (Wildman–Crippen MR) is 77.0 cm³/mol. The normalized spacial score (nSPS) is 27.6. The van der Waals surface area contributed by atoms with Crippen LogP contribution in [0.25, 0.3) is 10.8 Å². The predicted octanol–water partition coefficient (Wildman–Crippen LogP) is 2.58. The van der Waals surface area contributed by atoms with Crippen LogP contribution in [-0.4, -0.2) is 23.2 Å². The van der Waals surface area contributed by atoms with Crippen LogP contribution in [0.3, 0.4) is 0 Å². The molecule has 3 heteroatoms. The Morgan fingerprint density at radius 3 is 2.79 bits per heavy atom. The summed E-state index contributed by atoms with van der Waals surface area (Å²) in [5, 5.41) is 16.5. The second kappa shape index (κ2) is 4.91. The SMILES string of the molecule is CNC1CCC(O)(c2cccc3cnccc23)CC1. The van der Waals surface area contributed by atoms with Gasteiger partial charge in [0.15, 0.2) is 0 Å². The Hall–Kier alpha value is -1.45. The van der Waals surface area contributed by atoms with Gasteiger partial charge in [-0.15, -0.1) is 0 Å². The first kappa shape index (κ1) is 12.6. The van der Waals surface area contributed by atoms with Crippen molar-refractivity contribution in [3.8, 4) is 0 Å². The Bertz CT molecular complexity index is 568. The van der Waals surface area contributed by atoms with Gasteiger partial charge in [0.05, 0.1) is 5.60 Å². The van der Waals surface area contributed by atoms with Gasteiger partial charge >= 0.3 is 0 Å². The average molecular weight is 256 g/mol.